The minimum atomic E-state index is -0.439. The van der Waals surface area contributed by atoms with Gasteiger partial charge in [0.15, 0.2) is 5.11 Å². The first-order valence-corrected chi connectivity index (χ1v) is 13.0. The second-order valence-electron chi connectivity index (χ2n) is 9.14. The second-order valence-corrected chi connectivity index (χ2v) is 9.52. The Morgan fingerprint density at radius 3 is 2.62 bits per heavy atom. The number of aromatic nitrogens is 1. The average molecular weight is 541 g/mol. The van der Waals surface area contributed by atoms with Crippen LogP contribution in [-0.2, 0) is 9.53 Å². The predicted molar refractivity (Wildman–Crippen MR) is 154 cm³/mol. The highest BCUT2D eigenvalue weighted by atomic mass is 32.1. The number of esters is 1. The molecule has 0 bridgehead atoms. The Kier molecular flexibility index (Phi) is 7.42. The number of amides is 1. The van der Waals surface area contributed by atoms with Crippen molar-refractivity contribution in [1.29, 1.82) is 0 Å². The third-order valence-corrected chi connectivity index (χ3v) is 7.01. The van der Waals surface area contributed by atoms with Crippen LogP contribution in [0.25, 0.3) is 11.3 Å². The zero-order valence-electron chi connectivity index (χ0n) is 21.8. The number of hydrogen-bond donors (Lipinski definition) is 2. The van der Waals surface area contributed by atoms with Crippen LogP contribution in [0.3, 0.4) is 0 Å². The SMILES string of the molecule is CCC(=O)Nc1ccc(N2C(=S)NC(c3ccccn3)C2c2ccc(-c3ccccc3C(=O)OC)o2)cc1C. The van der Waals surface area contributed by atoms with E-state index in [2.05, 4.69) is 15.6 Å². The number of furan rings is 1. The molecule has 4 aromatic rings. The fourth-order valence-electron chi connectivity index (χ4n) is 4.74. The van der Waals surface area contributed by atoms with Crippen LogP contribution in [0.5, 0.6) is 0 Å². The number of anilines is 2. The quantitative estimate of drug-likeness (QED) is 0.219. The Bertz CT molecular complexity index is 1530. The molecule has 5 rings (SSSR count). The summed E-state index contributed by atoms with van der Waals surface area (Å²) in [5.74, 6) is 0.699. The third kappa shape index (κ3) is 5.13. The van der Waals surface area contributed by atoms with E-state index < -0.39 is 5.97 Å². The Morgan fingerprint density at radius 1 is 1.10 bits per heavy atom. The molecule has 2 N–H and O–H groups in total. The van der Waals surface area contributed by atoms with Crippen molar-refractivity contribution in [2.75, 3.05) is 17.3 Å². The summed E-state index contributed by atoms with van der Waals surface area (Å²) >= 11 is 5.83. The number of ether oxygens (including phenoxy) is 1. The maximum absolute atomic E-state index is 12.4. The number of carbonyl (C=O) groups excluding carboxylic acids is 2. The van der Waals surface area contributed by atoms with Gasteiger partial charge in [-0.05, 0) is 73.2 Å². The lowest BCUT2D eigenvalue weighted by atomic mass is 10.0. The van der Waals surface area contributed by atoms with E-state index in [9.17, 15) is 9.59 Å². The zero-order valence-corrected chi connectivity index (χ0v) is 22.6. The molecule has 0 radical (unpaired) electrons. The van der Waals surface area contributed by atoms with Gasteiger partial charge >= 0.3 is 5.97 Å². The number of nitrogens with one attached hydrogen (secondary N) is 2. The number of rotatable bonds is 7. The van der Waals surface area contributed by atoms with Crippen LogP contribution >= 0.6 is 12.2 Å². The number of benzene rings is 2. The third-order valence-electron chi connectivity index (χ3n) is 6.70. The van der Waals surface area contributed by atoms with Crippen molar-refractivity contribution in [2.45, 2.75) is 32.4 Å². The lowest BCUT2D eigenvalue weighted by Crippen LogP contribution is -2.29. The van der Waals surface area contributed by atoms with Gasteiger partial charge in [0.05, 0.1) is 24.4 Å². The Balaban J connectivity index is 1.58. The van der Waals surface area contributed by atoms with Crippen LogP contribution in [0.2, 0.25) is 0 Å². The highest BCUT2D eigenvalue weighted by Gasteiger charge is 2.42. The van der Waals surface area contributed by atoms with E-state index in [0.717, 1.165) is 22.6 Å². The van der Waals surface area contributed by atoms with E-state index in [1.54, 1.807) is 18.3 Å². The van der Waals surface area contributed by atoms with Crippen LogP contribution in [0, 0.1) is 6.92 Å². The van der Waals surface area contributed by atoms with Crippen molar-refractivity contribution in [3.05, 3.63) is 102 Å². The van der Waals surface area contributed by atoms with Gasteiger partial charge in [0.25, 0.3) is 0 Å². The Labute approximate surface area is 232 Å². The van der Waals surface area contributed by atoms with Crippen molar-refractivity contribution in [1.82, 2.24) is 10.3 Å². The van der Waals surface area contributed by atoms with Crippen molar-refractivity contribution in [3.8, 4) is 11.3 Å². The number of carbonyl (C=O) groups is 2. The number of aryl methyl sites for hydroxylation is 1. The number of methoxy groups -OCH3 is 1. The van der Waals surface area contributed by atoms with Gasteiger partial charge < -0.3 is 24.7 Å². The average Bonchev–Trinajstić information content (AvgIpc) is 3.58. The topological polar surface area (TPSA) is 96.7 Å². The summed E-state index contributed by atoms with van der Waals surface area (Å²) in [6.45, 7) is 3.76. The smallest absolute Gasteiger partial charge is 0.338 e. The molecule has 0 spiro atoms. The standard InChI is InChI=1S/C30H28N4O4S/c1-4-26(35)32-22-13-12-19(17-18(22)2)34-28(27(33-30(34)39)23-11-7-8-16-31-23)25-15-14-24(38-25)20-9-5-6-10-21(20)29(36)37-3/h5-17,27-28H,4H2,1-3H3,(H,32,35)(H,33,39). The van der Waals surface area contributed by atoms with Gasteiger partial charge in [-0.15, -0.1) is 0 Å². The van der Waals surface area contributed by atoms with Crippen molar-refractivity contribution in [3.63, 3.8) is 0 Å². The van der Waals surface area contributed by atoms with Gasteiger partial charge in [-0.25, -0.2) is 4.79 Å². The molecule has 1 amide bonds. The largest absolute Gasteiger partial charge is 0.465 e. The molecule has 2 aromatic heterocycles. The molecule has 2 unspecified atom stereocenters. The van der Waals surface area contributed by atoms with E-state index in [0.29, 0.717) is 34.2 Å². The molecule has 1 fully saturated rings. The Morgan fingerprint density at radius 2 is 1.90 bits per heavy atom. The zero-order chi connectivity index (χ0) is 27.5. The monoisotopic (exact) mass is 540 g/mol. The van der Waals surface area contributed by atoms with Gasteiger partial charge in [-0.3, -0.25) is 9.78 Å². The van der Waals surface area contributed by atoms with Crippen molar-refractivity contribution < 1.29 is 18.7 Å². The van der Waals surface area contributed by atoms with Gasteiger partial charge in [0, 0.05) is 29.6 Å². The molecule has 3 heterocycles. The summed E-state index contributed by atoms with van der Waals surface area (Å²) in [6, 6.07) is 21.8. The first-order valence-electron chi connectivity index (χ1n) is 12.6. The van der Waals surface area contributed by atoms with Gasteiger partial charge in [0.2, 0.25) is 5.91 Å². The van der Waals surface area contributed by atoms with Gasteiger partial charge in [-0.1, -0.05) is 31.2 Å². The predicted octanol–water partition coefficient (Wildman–Crippen LogP) is 5.96. The Hall–Kier alpha value is -4.50. The first-order chi connectivity index (χ1) is 18.9. The molecular formula is C30H28N4O4S. The summed E-state index contributed by atoms with van der Waals surface area (Å²) < 4.78 is 11.4. The van der Waals surface area contributed by atoms with Crippen LogP contribution in [0.1, 0.15) is 52.8 Å². The molecular weight excluding hydrogens is 512 g/mol. The number of thiocarbonyl (C=S) groups is 1. The normalized spacial score (nSPS) is 16.6. The van der Waals surface area contributed by atoms with E-state index in [-0.39, 0.29) is 18.0 Å². The summed E-state index contributed by atoms with van der Waals surface area (Å²) in [5, 5.41) is 6.88. The van der Waals surface area contributed by atoms with Crippen LogP contribution in [0.4, 0.5) is 11.4 Å². The molecule has 1 aliphatic rings. The molecule has 0 saturated carbocycles. The number of pyridine rings is 1. The summed E-state index contributed by atoms with van der Waals surface area (Å²) in [6.07, 6.45) is 2.14. The molecule has 9 heteroatoms. The first kappa shape index (κ1) is 26.1. The minimum Gasteiger partial charge on any atom is -0.465 e. The molecule has 2 atom stereocenters. The summed E-state index contributed by atoms with van der Waals surface area (Å²) in [4.78, 5) is 31.0. The highest BCUT2D eigenvalue weighted by molar-refractivity contribution is 7.80. The van der Waals surface area contributed by atoms with E-state index in [1.165, 1.54) is 7.11 Å². The summed E-state index contributed by atoms with van der Waals surface area (Å²) in [7, 11) is 1.36. The lowest BCUT2D eigenvalue weighted by Gasteiger charge is -2.27. The molecule has 1 saturated heterocycles. The molecule has 0 aliphatic carbocycles. The van der Waals surface area contributed by atoms with Crippen molar-refractivity contribution in [2.24, 2.45) is 0 Å². The molecule has 1 aliphatic heterocycles. The van der Waals surface area contributed by atoms with Crippen LogP contribution < -0.4 is 15.5 Å². The highest BCUT2D eigenvalue weighted by Crippen LogP contribution is 2.43. The lowest BCUT2D eigenvalue weighted by molar-refractivity contribution is -0.115. The minimum absolute atomic E-state index is 0.0485. The summed E-state index contributed by atoms with van der Waals surface area (Å²) in [5.41, 5.74) is 4.36. The van der Waals surface area contributed by atoms with E-state index in [1.807, 2.05) is 79.4 Å². The van der Waals surface area contributed by atoms with Crippen molar-refractivity contribution >= 4 is 40.6 Å². The maximum atomic E-state index is 12.4. The van der Waals surface area contributed by atoms with Crippen LogP contribution in [0.15, 0.2) is 83.4 Å². The fraction of sp³-hybridized carbons (Fsp3) is 0.200. The molecule has 39 heavy (non-hydrogen) atoms. The van der Waals surface area contributed by atoms with Crippen LogP contribution in [-0.4, -0.2) is 29.1 Å². The molecule has 2 aromatic carbocycles. The maximum Gasteiger partial charge on any atom is 0.338 e. The van der Waals surface area contributed by atoms with E-state index in [4.69, 9.17) is 21.4 Å². The van der Waals surface area contributed by atoms with E-state index >= 15 is 0 Å². The fourth-order valence-corrected chi connectivity index (χ4v) is 5.09. The molecule has 8 nitrogen and oxygen atoms in total. The second kappa shape index (κ2) is 11.1. The van der Waals surface area contributed by atoms with Gasteiger partial charge in [-0.2, -0.15) is 0 Å². The number of nitrogens with zero attached hydrogens (tertiary/aromatic N) is 2. The molecule has 198 valence electrons. The number of hydrogen-bond acceptors (Lipinski definition) is 6. The van der Waals surface area contributed by atoms with Gasteiger partial charge in [0.1, 0.15) is 17.6 Å².